The van der Waals surface area contributed by atoms with Gasteiger partial charge >= 0.3 is 15.2 Å². The molecule has 0 heterocycles. The zero-order valence-electron chi connectivity index (χ0n) is 16.7. The Morgan fingerprint density at radius 3 is 1.65 bits per heavy atom. The van der Waals surface area contributed by atoms with E-state index in [1.165, 1.54) is 0 Å². The average Bonchev–Trinajstić information content (AvgIpc) is 2.56. The van der Waals surface area contributed by atoms with E-state index in [0.29, 0.717) is 0 Å². The smallest absolute Gasteiger partial charge is 0.355 e. The Morgan fingerprint density at radius 1 is 0.808 bits per heavy atom. The molecule has 0 radical (unpaired) electrons. The number of hydrogen-bond donors (Lipinski definition) is 3. The number of rotatable bonds is 16. The van der Waals surface area contributed by atoms with Crippen molar-refractivity contribution in [2.75, 3.05) is 13.2 Å². The van der Waals surface area contributed by atoms with Gasteiger partial charge in [-0.05, 0) is 24.7 Å². The van der Waals surface area contributed by atoms with Crippen molar-refractivity contribution in [2.24, 2.45) is 11.8 Å². The van der Waals surface area contributed by atoms with E-state index in [0.717, 1.165) is 51.4 Å². The molecule has 0 saturated heterocycles. The van der Waals surface area contributed by atoms with E-state index in [2.05, 4.69) is 13.8 Å². The Hall–Kier alpha value is 0.260. The van der Waals surface area contributed by atoms with Crippen LogP contribution in [0.15, 0.2) is 0 Å². The van der Waals surface area contributed by atoms with E-state index in [9.17, 15) is 23.8 Å². The second-order valence-corrected chi connectivity index (χ2v) is 10.9. The SMILES string of the molecule is CCCCC(CC)COC(P(=O)(O)O)P(=O)(O)OCC(CC)CCCC. The summed E-state index contributed by atoms with van der Waals surface area (Å²) in [4.78, 5) is 29.2. The summed E-state index contributed by atoms with van der Waals surface area (Å²) in [5.74, 6) is 0.178. The maximum absolute atomic E-state index is 12.5. The quantitative estimate of drug-likeness (QED) is 0.300. The monoisotopic (exact) mass is 416 g/mol. The van der Waals surface area contributed by atoms with Gasteiger partial charge in [-0.25, -0.2) is 0 Å². The van der Waals surface area contributed by atoms with Crippen molar-refractivity contribution >= 4 is 15.2 Å². The molecule has 158 valence electrons. The Bertz CT molecular complexity index is 452. The molecule has 0 spiro atoms. The molecule has 0 aromatic heterocycles. The summed E-state index contributed by atoms with van der Waals surface area (Å²) in [7, 11) is -9.54. The van der Waals surface area contributed by atoms with Gasteiger partial charge in [-0.3, -0.25) is 9.13 Å². The molecular formula is C17H38O7P2. The molecule has 0 aliphatic carbocycles. The van der Waals surface area contributed by atoms with Crippen LogP contribution in [-0.4, -0.2) is 33.5 Å². The lowest BCUT2D eigenvalue weighted by molar-refractivity contribution is 0.0705. The fraction of sp³-hybridized carbons (Fsp3) is 1.00. The Labute approximate surface area is 158 Å². The standard InChI is InChI=1S/C17H38O7P2/c1-5-9-11-15(7-3)13-23-17(25(18,19)20)26(21,22)24-14-16(8-4)12-10-6-2/h15-17H,5-14H2,1-4H3,(H,21,22)(H2,18,19,20). The minimum atomic E-state index is -4.94. The highest BCUT2D eigenvalue weighted by Gasteiger charge is 2.47. The molecule has 7 nitrogen and oxygen atoms in total. The third kappa shape index (κ3) is 10.6. The van der Waals surface area contributed by atoms with Crippen molar-refractivity contribution in [3.8, 4) is 0 Å². The normalized spacial score (nSPS) is 18.3. The van der Waals surface area contributed by atoms with Crippen molar-refractivity contribution in [2.45, 2.75) is 84.6 Å². The van der Waals surface area contributed by atoms with Crippen LogP contribution in [0.4, 0.5) is 0 Å². The second-order valence-electron chi connectivity index (χ2n) is 6.94. The van der Waals surface area contributed by atoms with Crippen LogP contribution < -0.4 is 0 Å². The summed E-state index contributed by atoms with van der Waals surface area (Å²) in [6.07, 6.45) is 7.23. The van der Waals surface area contributed by atoms with Gasteiger partial charge in [0.05, 0.1) is 13.2 Å². The van der Waals surface area contributed by atoms with Crippen LogP contribution in [0.5, 0.6) is 0 Å². The average molecular weight is 416 g/mol. The highest BCUT2D eigenvalue weighted by Crippen LogP contribution is 2.63. The lowest BCUT2D eigenvalue weighted by atomic mass is 10.0. The zero-order chi connectivity index (χ0) is 20.2. The number of hydrogen-bond acceptors (Lipinski definition) is 4. The molecule has 9 heteroatoms. The maximum atomic E-state index is 12.5. The van der Waals surface area contributed by atoms with Gasteiger partial charge in [0.1, 0.15) is 0 Å². The van der Waals surface area contributed by atoms with Crippen molar-refractivity contribution < 1.29 is 33.1 Å². The molecule has 0 fully saturated rings. The topological polar surface area (TPSA) is 113 Å². The molecule has 0 amide bonds. The highest BCUT2D eigenvalue weighted by atomic mass is 31.2. The predicted octanol–water partition coefficient (Wildman–Crippen LogP) is 5.10. The predicted molar refractivity (Wildman–Crippen MR) is 104 cm³/mol. The summed E-state index contributed by atoms with van der Waals surface area (Å²) < 4.78 is 34.6. The zero-order valence-corrected chi connectivity index (χ0v) is 18.5. The van der Waals surface area contributed by atoms with E-state index in [-0.39, 0.29) is 25.0 Å². The van der Waals surface area contributed by atoms with Crippen LogP contribution in [0.25, 0.3) is 0 Å². The first kappa shape index (κ1) is 26.3. The third-order valence-corrected chi connectivity index (χ3v) is 8.36. The summed E-state index contributed by atoms with van der Waals surface area (Å²) in [5.41, 5.74) is -2.12. The van der Waals surface area contributed by atoms with E-state index < -0.39 is 20.8 Å². The summed E-state index contributed by atoms with van der Waals surface area (Å²) in [5, 5.41) is 0. The first-order valence-corrected chi connectivity index (χ1v) is 13.1. The maximum Gasteiger partial charge on any atom is 0.369 e. The number of unbranched alkanes of at least 4 members (excludes halogenated alkanes) is 2. The first-order chi connectivity index (χ1) is 12.1. The van der Waals surface area contributed by atoms with Gasteiger partial charge in [-0.15, -0.1) is 0 Å². The summed E-state index contributed by atoms with van der Waals surface area (Å²) in [6.45, 7) is 8.08. The van der Waals surface area contributed by atoms with Crippen molar-refractivity contribution in [1.82, 2.24) is 0 Å². The lowest BCUT2D eigenvalue weighted by Crippen LogP contribution is -2.21. The molecular weight excluding hydrogens is 378 g/mol. The Morgan fingerprint density at radius 2 is 1.27 bits per heavy atom. The van der Waals surface area contributed by atoms with E-state index in [1.807, 2.05) is 13.8 Å². The number of ether oxygens (including phenoxy) is 1. The summed E-state index contributed by atoms with van der Waals surface area (Å²) in [6, 6.07) is 0. The van der Waals surface area contributed by atoms with Crippen molar-refractivity contribution in [1.29, 1.82) is 0 Å². The fourth-order valence-electron chi connectivity index (χ4n) is 2.68. The van der Waals surface area contributed by atoms with Gasteiger partial charge < -0.3 is 23.9 Å². The van der Waals surface area contributed by atoms with Crippen molar-refractivity contribution in [3.05, 3.63) is 0 Å². The molecule has 0 aliphatic rings. The molecule has 4 unspecified atom stereocenters. The molecule has 0 aliphatic heterocycles. The fourth-order valence-corrected chi connectivity index (χ4v) is 5.50. The van der Waals surface area contributed by atoms with Crippen LogP contribution in [0, 0.1) is 11.8 Å². The molecule has 26 heavy (non-hydrogen) atoms. The molecule has 3 N–H and O–H groups in total. The largest absolute Gasteiger partial charge is 0.369 e. The molecule has 0 aromatic carbocycles. The molecule has 0 aromatic rings. The molecule has 0 rings (SSSR count). The molecule has 4 atom stereocenters. The minimum Gasteiger partial charge on any atom is -0.355 e. The van der Waals surface area contributed by atoms with Gasteiger partial charge in [0.25, 0.3) is 5.59 Å². The van der Waals surface area contributed by atoms with Crippen LogP contribution in [0.1, 0.15) is 79.1 Å². The van der Waals surface area contributed by atoms with E-state index in [1.54, 1.807) is 0 Å². The van der Waals surface area contributed by atoms with Crippen LogP contribution in [-0.2, 0) is 18.4 Å². The Kier molecular flexibility index (Phi) is 13.6. The van der Waals surface area contributed by atoms with Crippen LogP contribution in [0.3, 0.4) is 0 Å². The highest BCUT2D eigenvalue weighted by molar-refractivity contribution is 7.71. The van der Waals surface area contributed by atoms with E-state index in [4.69, 9.17) is 9.26 Å². The van der Waals surface area contributed by atoms with Gasteiger partial charge in [0, 0.05) is 0 Å². The molecule has 0 saturated carbocycles. The van der Waals surface area contributed by atoms with Crippen LogP contribution in [0.2, 0.25) is 0 Å². The van der Waals surface area contributed by atoms with E-state index >= 15 is 0 Å². The van der Waals surface area contributed by atoms with Crippen molar-refractivity contribution in [3.63, 3.8) is 0 Å². The van der Waals surface area contributed by atoms with Gasteiger partial charge in [-0.2, -0.15) is 0 Å². The minimum absolute atomic E-state index is 0.00280. The lowest BCUT2D eigenvalue weighted by Gasteiger charge is -2.26. The second kappa shape index (κ2) is 13.4. The third-order valence-electron chi connectivity index (χ3n) is 4.63. The Balaban J connectivity index is 4.92. The summed E-state index contributed by atoms with van der Waals surface area (Å²) >= 11 is 0. The van der Waals surface area contributed by atoms with Gasteiger partial charge in [0.15, 0.2) is 0 Å². The van der Waals surface area contributed by atoms with Gasteiger partial charge in [0.2, 0.25) is 0 Å². The molecule has 0 bridgehead atoms. The first-order valence-electron chi connectivity index (χ1n) is 9.76. The van der Waals surface area contributed by atoms with Gasteiger partial charge in [-0.1, -0.05) is 66.2 Å². The van der Waals surface area contributed by atoms with Crippen LogP contribution >= 0.6 is 15.2 Å².